The van der Waals surface area contributed by atoms with Crippen LogP contribution in [0.25, 0.3) is 11.0 Å². The van der Waals surface area contributed by atoms with Gasteiger partial charge in [-0.05, 0) is 54.0 Å². The van der Waals surface area contributed by atoms with E-state index in [1.165, 1.54) is 11.6 Å². The Labute approximate surface area is 200 Å². The molecule has 180 valence electrons. The Morgan fingerprint density at radius 3 is 2.35 bits per heavy atom. The lowest BCUT2D eigenvalue weighted by Crippen LogP contribution is -2.41. The summed E-state index contributed by atoms with van der Waals surface area (Å²) in [7, 11) is -3.22. The van der Waals surface area contributed by atoms with Gasteiger partial charge in [-0.25, -0.2) is 8.42 Å². The quantitative estimate of drug-likeness (QED) is 0.546. The summed E-state index contributed by atoms with van der Waals surface area (Å²) >= 11 is 0. The molecule has 1 atom stereocenters. The molecule has 1 aliphatic heterocycles. The molecular formula is C27H31NO5S. The van der Waals surface area contributed by atoms with E-state index in [9.17, 15) is 18.0 Å². The first kappa shape index (κ1) is 24.2. The number of rotatable bonds is 4. The van der Waals surface area contributed by atoms with Gasteiger partial charge in [0.15, 0.2) is 21.0 Å². The lowest BCUT2D eigenvalue weighted by Gasteiger charge is -2.28. The van der Waals surface area contributed by atoms with Gasteiger partial charge in [0, 0.05) is 18.7 Å². The van der Waals surface area contributed by atoms with Crippen LogP contribution in [0.3, 0.4) is 0 Å². The van der Waals surface area contributed by atoms with Gasteiger partial charge in [0.05, 0.1) is 16.9 Å². The summed E-state index contributed by atoms with van der Waals surface area (Å²) in [5, 5.41) is 0.424. The van der Waals surface area contributed by atoms with E-state index in [4.69, 9.17) is 4.42 Å². The van der Waals surface area contributed by atoms with Crippen LogP contribution < -0.4 is 5.43 Å². The molecule has 2 aromatic carbocycles. The Hall–Kier alpha value is -2.93. The molecule has 0 aliphatic carbocycles. The van der Waals surface area contributed by atoms with E-state index in [1.807, 2.05) is 44.2 Å². The summed E-state index contributed by atoms with van der Waals surface area (Å²) in [6, 6.07) is 12.3. The highest BCUT2D eigenvalue weighted by Gasteiger charge is 2.36. The number of carbonyl (C=O) groups excluding carboxylic acids is 1. The Morgan fingerprint density at radius 1 is 1.09 bits per heavy atom. The fraction of sp³-hybridized carbons (Fsp3) is 0.407. The van der Waals surface area contributed by atoms with E-state index in [-0.39, 0.29) is 34.7 Å². The molecule has 0 spiro atoms. The monoisotopic (exact) mass is 481 g/mol. The number of amides is 1. The highest BCUT2D eigenvalue weighted by molar-refractivity contribution is 7.91. The Balaban J connectivity index is 1.74. The molecule has 4 rings (SSSR count). The van der Waals surface area contributed by atoms with Crippen LogP contribution in [-0.2, 0) is 21.8 Å². The average Bonchev–Trinajstić information content (AvgIpc) is 3.13. The van der Waals surface area contributed by atoms with Crippen molar-refractivity contribution in [3.8, 4) is 0 Å². The van der Waals surface area contributed by atoms with Crippen LogP contribution in [0.5, 0.6) is 0 Å². The average molecular weight is 482 g/mol. The van der Waals surface area contributed by atoms with Crippen LogP contribution in [0.1, 0.15) is 60.0 Å². The van der Waals surface area contributed by atoms with Gasteiger partial charge in [0.1, 0.15) is 5.58 Å². The molecule has 1 aliphatic rings. The van der Waals surface area contributed by atoms with E-state index in [0.29, 0.717) is 17.4 Å². The normalized spacial score (nSPS) is 17.7. The molecule has 1 saturated heterocycles. The van der Waals surface area contributed by atoms with E-state index in [0.717, 1.165) is 16.7 Å². The molecule has 0 bridgehead atoms. The number of benzene rings is 2. The fourth-order valence-electron chi connectivity index (χ4n) is 4.39. The van der Waals surface area contributed by atoms with Crippen LogP contribution in [0.4, 0.5) is 0 Å². The summed E-state index contributed by atoms with van der Waals surface area (Å²) < 4.78 is 30.4. The fourth-order valence-corrected chi connectivity index (χ4v) is 6.12. The molecule has 1 unspecified atom stereocenters. The third-order valence-corrected chi connectivity index (χ3v) is 8.46. The highest BCUT2D eigenvalue weighted by atomic mass is 32.2. The second-order valence-electron chi connectivity index (χ2n) is 10.3. The van der Waals surface area contributed by atoms with Crippen molar-refractivity contribution in [2.45, 2.75) is 59.0 Å². The molecule has 6 nitrogen and oxygen atoms in total. The van der Waals surface area contributed by atoms with Crippen molar-refractivity contribution in [2.75, 3.05) is 11.5 Å². The predicted octanol–water partition coefficient (Wildman–Crippen LogP) is 4.54. The number of nitrogens with zero attached hydrogens (tertiary/aromatic N) is 1. The molecule has 1 amide bonds. The molecule has 3 aromatic rings. The summed E-state index contributed by atoms with van der Waals surface area (Å²) in [6.45, 7) is 10.4. The Bertz CT molecular complexity index is 1410. The van der Waals surface area contributed by atoms with Gasteiger partial charge in [-0.15, -0.1) is 0 Å². The molecular weight excluding hydrogens is 450 g/mol. The molecule has 2 heterocycles. The van der Waals surface area contributed by atoms with Gasteiger partial charge in [0.25, 0.3) is 5.91 Å². The van der Waals surface area contributed by atoms with Gasteiger partial charge in [-0.2, -0.15) is 0 Å². The van der Waals surface area contributed by atoms with E-state index in [2.05, 4.69) is 20.8 Å². The molecule has 1 fully saturated rings. The molecule has 7 heteroatoms. The second kappa shape index (κ2) is 8.69. The van der Waals surface area contributed by atoms with Crippen molar-refractivity contribution in [3.63, 3.8) is 0 Å². The maximum Gasteiger partial charge on any atom is 0.290 e. The minimum atomic E-state index is -3.22. The van der Waals surface area contributed by atoms with Gasteiger partial charge < -0.3 is 9.32 Å². The van der Waals surface area contributed by atoms with E-state index < -0.39 is 21.8 Å². The first-order chi connectivity index (χ1) is 15.9. The third-order valence-electron chi connectivity index (χ3n) is 6.71. The molecule has 0 saturated carbocycles. The topological polar surface area (TPSA) is 84.7 Å². The number of aryl methyl sites for hydroxylation is 2. The number of hydrogen-bond donors (Lipinski definition) is 0. The lowest BCUT2D eigenvalue weighted by atomic mass is 9.86. The zero-order valence-electron chi connectivity index (χ0n) is 20.3. The molecule has 1 aromatic heterocycles. The summed E-state index contributed by atoms with van der Waals surface area (Å²) in [6.07, 6.45) is 0.365. The molecule has 0 N–H and O–H groups in total. The van der Waals surface area contributed by atoms with Crippen LogP contribution in [0.15, 0.2) is 51.7 Å². The molecule has 34 heavy (non-hydrogen) atoms. The van der Waals surface area contributed by atoms with E-state index >= 15 is 0 Å². The maximum absolute atomic E-state index is 13.7. The van der Waals surface area contributed by atoms with Gasteiger partial charge in [-0.3, -0.25) is 9.59 Å². The van der Waals surface area contributed by atoms with Gasteiger partial charge in [0.2, 0.25) is 0 Å². The number of carbonyl (C=O) groups is 1. The minimum Gasteiger partial charge on any atom is -0.450 e. The number of fused-ring (bicyclic) bond motifs is 1. The Morgan fingerprint density at radius 2 is 1.76 bits per heavy atom. The van der Waals surface area contributed by atoms with Crippen molar-refractivity contribution in [3.05, 3.63) is 80.7 Å². The number of hydrogen-bond acceptors (Lipinski definition) is 5. The number of sulfone groups is 1. The van der Waals surface area contributed by atoms with Crippen molar-refractivity contribution >= 4 is 26.7 Å². The van der Waals surface area contributed by atoms with Crippen molar-refractivity contribution in [1.29, 1.82) is 0 Å². The highest BCUT2D eigenvalue weighted by Crippen LogP contribution is 2.26. The predicted molar refractivity (Wildman–Crippen MR) is 134 cm³/mol. The summed E-state index contributed by atoms with van der Waals surface area (Å²) in [5.74, 6) is -0.581. The van der Waals surface area contributed by atoms with Gasteiger partial charge in [-0.1, -0.05) is 51.1 Å². The second-order valence-corrected chi connectivity index (χ2v) is 12.5. The maximum atomic E-state index is 13.7. The molecule has 0 radical (unpaired) electrons. The first-order valence-electron chi connectivity index (χ1n) is 11.5. The minimum absolute atomic E-state index is 0.00192. The third kappa shape index (κ3) is 4.80. The standard InChI is InChI=1S/C27H31NO5S/c1-17-6-11-22-23(29)14-24(33-25(22)18(17)2)26(30)28(21-12-13-34(31,32)16-21)15-19-7-9-20(10-8-19)27(3,4)5/h6-11,14,21H,12-13,15-16H2,1-5H3. The van der Waals surface area contributed by atoms with Crippen molar-refractivity contribution in [2.24, 2.45) is 0 Å². The zero-order valence-corrected chi connectivity index (χ0v) is 21.2. The van der Waals surface area contributed by atoms with Gasteiger partial charge >= 0.3 is 0 Å². The first-order valence-corrected chi connectivity index (χ1v) is 13.3. The van der Waals surface area contributed by atoms with E-state index in [1.54, 1.807) is 11.0 Å². The zero-order chi connectivity index (χ0) is 24.8. The summed E-state index contributed by atoms with van der Waals surface area (Å²) in [5.41, 5.74) is 3.92. The van der Waals surface area contributed by atoms with Crippen molar-refractivity contribution < 1.29 is 17.6 Å². The van der Waals surface area contributed by atoms with Crippen LogP contribution >= 0.6 is 0 Å². The largest absolute Gasteiger partial charge is 0.450 e. The Kier molecular flexibility index (Phi) is 6.19. The lowest BCUT2D eigenvalue weighted by molar-refractivity contribution is 0.0648. The van der Waals surface area contributed by atoms with Crippen molar-refractivity contribution in [1.82, 2.24) is 4.90 Å². The van der Waals surface area contributed by atoms with Crippen LogP contribution in [0.2, 0.25) is 0 Å². The van der Waals surface area contributed by atoms with Crippen LogP contribution in [0, 0.1) is 13.8 Å². The smallest absolute Gasteiger partial charge is 0.290 e. The summed E-state index contributed by atoms with van der Waals surface area (Å²) in [4.78, 5) is 28.0. The van der Waals surface area contributed by atoms with Crippen LogP contribution in [-0.4, -0.2) is 36.8 Å². The SMILES string of the molecule is Cc1ccc2c(=O)cc(C(=O)N(Cc3ccc(C(C)(C)C)cc3)C3CCS(=O)(=O)C3)oc2c1C.